The zero-order valence-corrected chi connectivity index (χ0v) is 14.8. The topological polar surface area (TPSA) is 64.2 Å². The molecule has 0 bridgehead atoms. The molecule has 3 rings (SSSR count). The Balaban J connectivity index is 1.59. The van der Waals surface area contributed by atoms with Crippen LogP contribution in [0.3, 0.4) is 0 Å². The van der Waals surface area contributed by atoms with Gasteiger partial charge in [0.05, 0.1) is 18.3 Å². The fourth-order valence-electron chi connectivity index (χ4n) is 2.59. The monoisotopic (exact) mass is 396 g/mol. The predicted octanol–water partition coefficient (Wildman–Crippen LogP) is 3.80. The first-order chi connectivity index (χ1) is 13.3. The summed E-state index contributed by atoms with van der Waals surface area (Å²) in [5.41, 5.74) is 0.0578. The van der Waals surface area contributed by atoms with Crippen LogP contribution in [-0.4, -0.2) is 32.4 Å². The van der Waals surface area contributed by atoms with Crippen LogP contribution in [0.4, 0.5) is 17.6 Å². The van der Waals surface area contributed by atoms with Gasteiger partial charge in [0.25, 0.3) is 0 Å². The average molecular weight is 396 g/mol. The van der Waals surface area contributed by atoms with Crippen LogP contribution in [0, 0.1) is 11.6 Å². The summed E-state index contributed by atoms with van der Waals surface area (Å²) in [6.45, 7) is -2.81. The number of aryl methyl sites for hydroxylation is 1. The lowest BCUT2D eigenvalue weighted by atomic mass is 10.2. The number of imidazole rings is 1. The van der Waals surface area contributed by atoms with Gasteiger partial charge in [0.15, 0.2) is 11.7 Å². The molecule has 0 atom stereocenters. The first-order valence-corrected chi connectivity index (χ1v) is 8.29. The van der Waals surface area contributed by atoms with Crippen LogP contribution in [0.15, 0.2) is 41.2 Å². The molecular formula is C18H16F4N4O2. The minimum Gasteiger partial charge on any atom is -0.441 e. The second-order valence-electron chi connectivity index (χ2n) is 6.02. The highest BCUT2D eigenvalue weighted by Gasteiger charge is 2.17. The van der Waals surface area contributed by atoms with Gasteiger partial charge < -0.3 is 9.32 Å². The molecule has 0 aliphatic heterocycles. The van der Waals surface area contributed by atoms with E-state index < -0.39 is 18.2 Å². The van der Waals surface area contributed by atoms with E-state index in [-0.39, 0.29) is 48.3 Å². The quantitative estimate of drug-likeness (QED) is 0.570. The molecule has 148 valence electrons. The number of hydrogen-bond donors (Lipinski definition) is 0. The molecule has 2 heterocycles. The van der Waals surface area contributed by atoms with Gasteiger partial charge in [-0.15, -0.1) is 0 Å². The normalized spacial score (nSPS) is 11.2. The van der Waals surface area contributed by atoms with E-state index in [1.807, 2.05) is 0 Å². The predicted molar refractivity (Wildman–Crippen MR) is 90.1 cm³/mol. The SMILES string of the molecule is CN(Cc1nccn1C(F)F)C(=O)CCc1ncc(-c2ccc(F)cc2F)o1. The van der Waals surface area contributed by atoms with Crippen molar-refractivity contribution in [2.45, 2.75) is 25.9 Å². The van der Waals surface area contributed by atoms with Gasteiger partial charge in [-0.05, 0) is 12.1 Å². The van der Waals surface area contributed by atoms with E-state index in [0.717, 1.165) is 18.3 Å². The minimum absolute atomic E-state index is 0.0116. The number of carbonyl (C=O) groups excluding carboxylic acids is 1. The number of halogens is 4. The molecule has 1 amide bonds. The second-order valence-corrected chi connectivity index (χ2v) is 6.02. The fourth-order valence-corrected chi connectivity index (χ4v) is 2.59. The Hall–Kier alpha value is -3.17. The molecule has 0 saturated carbocycles. The number of amides is 1. The molecule has 0 saturated heterocycles. The van der Waals surface area contributed by atoms with Crippen molar-refractivity contribution in [3.63, 3.8) is 0 Å². The molecule has 10 heteroatoms. The summed E-state index contributed by atoms with van der Waals surface area (Å²) in [7, 11) is 1.47. The van der Waals surface area contributed by atoms with Crippen LogP contribution in [0.25, 0.3) is 11.3 Å². The van der Waals surface area contributed by atoms with E-state index in [1.54, 1.807) is 0 Å². The summed E-state index contributed by atoms with van der Waals surface area (Å²) in [5, 5.41) is 0. The highest BCUT2D eigenvalue weighted by Crippen LogP contribution is 2.24. The van der Waals surface area contributed by atoms with Crippen LogP contribution in [-0.2, 0) is 17.8 Å². The number of hydrogen-bond acceptors (Lipinski definition) is 4. The third kappa shape index (κ3) is 4.38. The highest BCUT2D eigenvalue weighted by molar-refractivity contribution is 5.76. The molecule has 0 radical (unpaired) electrons. The van der Waals surface area contributed by atoms with Crippen molar-refractivity contribution >= 4 is 5.91 Å². The van der Waals surface area contributed by atoms with Gasteiger partial charge >= 0.3 is 6.55 Å². The Labute approximate surface area is 157 Å². The number of carbonyl (C=O) groups is 1. The summed E-state index contributed by atoms with van der Waals surface area (Å²) in [4.78, 5) is 21.3. The molecule has 0 aliphatic carbocycles. The van der Waals surface area contributed by atoms with Crippen molar-refractivity contribution < 1.29 is 26.8 Å². The highest BCUT2D eigenvalue weighted by atomic mass is 19.3. The fraction of sp³-hybridized carbons (Fsp3) is 0.278. The van der Waals surface area contributed by atoms with Crippen LogP contribution in [0.5, 0.6) is 0 Å². The van der Waals surface area contributed by atoms with Crippen molar-refractivity contribution in [1.29, 1.82) is 0 Å². The smallest absolute Gasteiger partial charge is 0.319 e. The standard InChI is InChI=1S/C18H16F4N4O2/c1-25(10-15-23-6-7-26(15)18(21)22)17(27)5-4-16-24-9-14(28-16)12-3-2-11(19)8-13(12)20/h2-3,6-9,18H,4-5,10H2,1H3. The molecule has 3 aromatic rings. The minimum atomic E-state index is -2.74. The summed E-state index contributed by atoms with van der Waals surface area (Å²) in [6, 6.07) is 3.07. The Morgan fingerprint density at radius 2 is 2.07 bits per heavy atom. The van der Waals surface area contributed by atoms with Crippen molar-refractivity contribution in [3.05, 3.63) is 60.1 Å². The molecule has 1 aromatic carbocycles. The van der Waals surface area contributed by atoms with Gasteiger partial charge in [-0.1, -0.05) is 0 Å². The molecule has 0 spiro atoms. The number of aromatic nitrogens is 3. The summed E-state index contributed by atoms with van der Waals surface area (Å²) in [5.74, 6) is -1.43. The molecular weight excluding hydrogens is 380 g/mol. The number of rotatable bonds is 7. The summed E-state index contributed by atoms with van der Waals surface area (Å²) in [6.07, 6.45) is 3.82. The van der Waals surface area contributed by atoms with E-state index in [2.05, 4.69) is 9.97 Å². The molecule has 0 aliphatic rings. The van der Waals surface area contributed by atoms with E-state index >= 15 is 0 Å². The lowest BCUT2D eigenvalue weighted by Gasteiger charge is -2.17. The van der Waals surface area contributed by atoms with Gasteiger partial charge in [0.2, 0.25) is 5.91 Å². The second kappa shape index (κ2) is 8.24. The van der Waals surface area contributed by atoms with E-state index in [0.29, 0.717) is 4.57 Å². The molecule has 6 nitrogen and oxygen atoms in total. The van der Waals surface area contributed by atoms with Crippen molar-refractivity contribution in [3.8, 4) is 11.3 Å². The van der Waals surface area contributed by atoms with E-state index in [1.165, 1.54) is 30.4 Å². The lowest BCUT2D eigenvalue weighted by Crippen LogP contribution is -2.28. The van der Waals surface area contributed by atoms with Crippen molar-refractivity contribution in [1.82, 2.24) is 19.4 Å². The zero-order chi connectivity index (χ0) is 20.3. The average Bonchev–Trinajstić information content (AvgIpc) is 3.29. The van der Waals surface area contributed by atoms with Gasteiger partial charge in [0.1, 0.15) is 17.5 Å². The molecule has 0 fully saturated rings. The number of nitrogens with zero attached hydrogens (tertiary/aromatic N) is 4. The molecule has 0 N–H and O–H groups in total. The molecule has 2 aromatic heterocycles. The number of benzene rings is 1. The third-order valence-electron chi connectivity index (χ3n) is 4.07. The first kappa shape index (κ1) is 19.6. The van der Waals surface area contributed by atoms with Gasteiger partial charge in [0, 0.05) is 38.3 Å². The van der Waals surface area contributed by atoms with Gasteiger partial charge in [-0.2, -0.15) is 8.78 Å². The Morgan fingerprint density at radius 1 is 1.29 bits per heavy atom. The van der Waals surface area contributed by atoms with Crippen LogP contribution < -0.4 is 0 Å². The Bertz CT molecular complexity index is 970. The largest absolute Gasteiger partial charge is 0.441 e. The lowest BCUT2D eigenvalue weighted by molar-refractivity contribution is -0.130. The first-order valence-electron chi connectivity index (χ1n) is 8.29. The van der Waals surface area contributed by atoms with E-state index in [4.69, 9.17) is 4.42 Å². The number of alkyl halides is 2. The third-order valence-corrected chi connectivity index (χ3v) is 4.07. The molecule has 0 unspecified atom stereocenters. The van der Waals surface area contributed by atoms with Crippen molar-refractivity contribution in [2.75, 3.05) is 7.05 Å². The summed E-state index contributed by atoms with van der Waals surface area (Å²) < 4.78 is 58.5. The molecule has 28 heavy (non-hydrogen) atoms. The maximum atomic E-state index is 13.8. The zero-order valence-electron chi connectivity index (χ0n) is 14.8. The summed E-state index contributed by atoms with van der Waals surface area (Å²) >= 11 is 0. The van der Waals surface area contributed by atoms with Crippen LogP contribution in [0.2, 0.25) is 0 Å². The van der Waals surface area contributed by atoms with Crippen molar-refractivity contribution in [2.24, 2.45) is 0 Å². The number of oxazole rings is 1. The van der Waals surface area contributed by atoms with Gasteiger partial charge in [-0.3, -0.25) is 9.36 Å². The Morgan fingerprint density at radius 3 is 2.79 bits per heavy atom. The maximum Gasteiger partial charge on any atom is 0.319 e. The Kier molecular flexibility index (Phi) is 5.76. The van der Waals surface area contributed by atoms with Crippen LogP contribution >= 0.6 is 0 Å². The van der Waals surface area contributed by atoms with Gasteiger partial charge in [-0.25, -0.2) is 18.7 Å². The maximum absolute atomic E-state index is 13.8. The van der Waals surface area contributed by atoms with E-state index in [9.17, 15) is 22.4 Å². The van der Waals surface area contributed by atoms with Crippen LogP contribution in [0.1, 0.15) is 24.7 Å².